The number of hydrogen-bond donors (Lipinski definition) is 1. The minimum atomic E-state index is -0.588. The van der Waals surface area contributed by atoms with Gasteiger partial charge in [-0.15, -0.1) is 0 Å². The molecule has 106 valence electrons. The molecular formula is C14H19F2NO2. The standard InChI is InChI=1S/C14H19F2NO2/c1-2-11(18)8-17-5-6-19-14(9-17)12-4-3-10(15)7-13(12)16/h3-4,7,11,14,18H,2,5-6,8-9H2,1H3/t11-,14+/m0/s1. The summed E-state index contributed by atoms with van der Waals surface area (Å²) >= 11 is 0. The predicted molar refractivity (Wildman–Crippen MR) is 67.8 cm³/mol. The van der Waals surface area contributed by atoms with Gasteiger partial charge in [0.1, 0.15) is 11.6 Å². The molecule has 1 N–H and O–H groups in total. The Morgan fingerprint density at radius 2 is 2.26 bits per heavy atom. The molecule has 0 amide bonds. The van der Waals surface area contributed by atoms with Crippen molar-refractivity contribution in [3.8, 4) is 0 Å². The van der Waals surface area contributed by atoms with Crippen LogP contribution in [0.5, 0.6) is 0 Å². The number of ether oxygens (including phenoxy) is 1. The Kier molecular flexibility index (Phi) is 4.85. The van der Waals surface area contributed by atoms with Crippen LogP contribution in [0.25, 0.3) is 0 Å². The van der Waals surface area contributed by atoms with Crippen molar-refractivity contribution >= 4 is 0 Å². The zero-order chi connectivity index (χ0) is 13.8. The molecule has 5 heteroatoms. The highest BCUT2D eigenvalue weighted by atomic mass is 19.1. The summed E-state index contributed by atoms with van der Waals surface area (Å²) in [7, 11) is 0. The largest absolute Gasteiger partial charge is 0.392 e. The van der Waals surface area contributed by atoms with Gasteiger partial charge in [-0.05, 0) is 12.5 Å². The lowest BCUT2D eigenvalue weighted by molar-refractivity contribution is -0.0436. The van der Waals surface area contributed by atoms with Crippen LogP contribution in [0.15, 0.2) is 18.2 Å². The van der Waals surface area contributed by atoms with Crippen molar-refractivity contribution < 1.29 is 18.6 Å². The lowest BCUT2D eigenvalue weighted by Crippen LogP contribution is -2.42. The van der Waals surface area contributed by atoms with Crippen molar-refractivity contribution in [1.29, 1.82) is 0 Å². The fourth-order valence-corrected chi connectivity index (χ4v) is 2.25. The second kappa shape index (κ2) is 6.41. The molecule has 3 nitrogen and oxygen atoms in total. The quantitative estimate of drug-likeness (QED) is 0.910. The summed E-state index contributed by atoms with van der Waals surface area (Å²) in [5, 5.41) is 9.65. The van der Waals surface area contributed by atoms with Crippen LogP contribution in [0.1, 0.15) is 25.0 Å². The lowest BCUT2D eigenvalue weighted by atomic mass is 10.1. The van der Waals surface area contributed by atoms with Gasteiger partial charge in [0.25, 0.3) is 0 Å². The smallest absolute Gasteiger partial charge is 0.131 e. The highest BCUT2D eigenvalue weighted by Crippen LogP contribution is 2.25. The second-order valence-corrected chi connectivity index (χ2v) is 4.85. The van der Waals surface area contributed by atoms with Gasteiger partial charge in [-0.2, -0.15) is 0 Å². The lowest BCUT2D eigenvalue weighted by Gasteiger charge is -2.34. The number of β-amino-alcohol motifs (C(OH)–C–C–N with tert-alkyl or cyclic N) is 1. The van der Waals surface area contributed by atoms with E-state index in [4.69, 9.17) is 4.74 Å². The van der Waals surface area contributed by atoms with Crippen molar-refractivity contribution in [3.05, 3.63) is 35.4 Å². The Morgan fingerprint density at radius 1 is 1.47 bits per heavy atom. The van der Waals surface area contributed by atoms with Gasteiger partial charge >= 0.3 is 0 Å². The summed E-state index contributed by atoms with van der Waals surface area (Å²) in [4.78, 5) is 2.05. The third kappa shape index (κ3) is 3.72. The summed E-state index contributed by atoms with van der Waals surface area (Å²) in [5.74, 6) is -1.17. The number of benzene rings is 1. The molecule has 0 saturated carbocycles. The summed E-state index contributed by atoms with van der Waals surface area (Å²) in [6, 6.07) is 3.54. The van der Waals surface area contributed by atoms with Crippen LogP contribution >= 0.6 is 0 Å². The van der Waals surface area contributed by atoms with Crippen LogP contribution in [0.4, 0.5) is 8.78 Å². The highest BCUT2D eigenvalue weighted by Gasteiger charge is 2.25. The first-order valence-corrected chi connectivity index (χ1v) is 6.57. The average molecular weight is 271 g/mol. The van der Waals surface area contributed by atoms with Crippen molar-refractivity contribution in [2.45, 2.75) is 25.6 Å². The monoisotopic (exact) mass is 271 g/mol. The molecule has 1 heterocycles. The normalized spacial score (nSPS) is 22.4. The molecule has 0 unspecified atom stereocenters. The highest BCUT2D eigenvalue weighted by molar-refractivity contribution is 5.21. The minimum Gasteiger partial charge on any atom is -0.392 e. The van der Waals surface area contributed by atoms with E-state index < -0.39 is 17.7 Å². The van der Waals surface area contributed by atoms with Crippen LogP contribution in [0, 0.1) is 11.6 Å². The number of halogens is 2. The molecule has 19 heavy (non-hydrogen) atoms. The maximum atomic E-state index is 13.7. The average Bonchev–Trinajstić information content (AvgIpc) is 2.39. The number of rotatable bonds is 4. The second-order valence-electron chi connectivity index (χ2n) is 4.85. The Bertz CT molecular complexity index is 428. The fourth-order valence-electron chi connectivity index (χ4n) is 2.25. The van der Waals surface area contributed by atoms with Crippen molar-refractivity contribution in [2.75, 3.05) is 26.2 Å². The topological polar surface area (TPSA) is 32.7 Å². The first kappa shape index (κ1) is 14.4. The molecular weight excluding hydrogens is 252 g/mol. The number of aliphatic hydroxyl groups is 1. The molecule has 1 aromatic rings. The van der Waals surface area contributed by atoms with E-state index in [0.29, 0.717) is 31.7 Å². The maximum absolute atomic E-state index is 13.7. The van der Waals surface area contributed by atoms with Crippen LogP contribution < -0.4 is 0 Å². The number of nitrogens with zero attached hydrogens (tertiary/aromatic N) is 1. The Balaban J connectivity index is 2.04. The summed E-state index contributed by atoms with van der Waals surface area (Å²) in [6.45, 7) is 4.19. The zero-order valence-corrected chi connectivity index (χ0v) is 11.0. The minimum absolute atomic E-state index is 0.372. The first-order chi connectivity index (χ1) is 9.10. The molecule has 0 spiro atoms. The van der Waals surface area contributed by atoms with Gasteiger partial charge in [-0.1, -0.05) is 13.0 Å². The van der Waals surface area contributed by atoms with Gasteiger partial charge in [-0.25, -0.2) is 8.78 Å². The SMILES string of the molecule is CC[C@H](O)CN1CCO[C@@H](c2ccc(F)cc2F)C1. The van der Waals surface area contributed by atoms with E-state index in [0.717, 1.165) is 12.6 Å². The zero-order valence-electron chi connectivity index (χ0n) is 11.0. The van der Waals surface area contributed by atoms with Gasteiger partial charge in [0.15, 0.2) is 0 Å². The number of hydrogen-bond acceptors (Lipinski definition) is 3. The molecule has 0 aromatic heterocycles. The van der Waals surface area contributed by atoms with E-state index in [-0.39, 0.29) is 6.10 Å². The maximum Gasteiger partial charge on any atom is 0.131 e. The Labute approximate surface area is 111 Å². The third-order valence-corrected chi connectivity index (χ3v) is 3.40. The van der Waals surface area contributed by atoms with Gasteiger partial charge in [-0.3, -0.25) is 4.90 Å². The molecule has 0 radical (unpaired) electrons. The van der Waals surface area contributed by atoms with Crippen molar-refractivity contribution in [3.63, 3.8) is 0 Å². The molecule has 1 saturated heterocycles. The van der Waals surface area contributed by atoms with Gasteiger partial charge in [0.2, 0.25) is 0 Å². The van der Waals surface area contributed by atoms with Gasteiger partial charge < -0.3 is 9.84 Å². The summed E-state index contributed by atoms with van der Waals surface area (Å²) in [5.41, 5.74) is 0.372. The molecule has 1 aromatic carbocycles. The number of aliphatic hydroxyl groups excluding tert-OH is 1. The first-order valence-electron chi connectivity index (χ1n) is 6.57. The van der Waals surface area contributed by atoms with E-state index in [1.54, 1.807) is 0 Å². The fraction of sp³-hybridized carbons (Fsp3) is 0.571. The van der Waals surface area contributed by atoms with Gasteiger partial charge in [0.05, 0.1) is 18.8 Å². The summed E-state index contributed by atoms with van der Waals surface area (Å²) < 4.78 is 32.1. The molecule has 1 fully saturated rings. The van der Waals surface area contributed by atoms with Gasteiger partial charge in [0, 0.05) is 31.3 Å². The van der Waals surface area contributed by atoms with Crippen LogP contribution in [-0.4, -0.2) is 42.4 Å². The molecule has 0 bridgehead atoms. The van der Waals surface area contributed by atoms with Crippen molar-refractivity contribution in [1.82, 2.24) is 4.90 Å². The number of morpholine rings is 1. The van der Waals surface area contributed by atoms with E-state index in [9.17, 15) is 13.9 Å². The molecule has 1 aliphatic heterocycles. The van der Waals surface area contributed by atoms with Crippen LogP contribution in [0.3, 0.4) is 0 Å². The van der Waals surface area contributed by atoms with Crippen LogP contribution in [-0.2, 0) is 4.74 Å². The van der Waals surface area contributed by atoms with Crippen molar-refractivity contribution in [2.24, 2.45) is 0 Å². The summed E-state index contributed by atoms with van der Waals surface area (Å²) in [6.07, 6.45) is -0.0948. The van der Waals surface area contributed by atoms with E-state index in [1.807, 2.05) is 11.8 Å². The molecule has 0 aliphatic carbocycles. The predicted octanol–water partition coefficient (Wildman–Crippen LogP) is 2.11. The Hall–Kier alpha value is -1.04. The van der Waals surface area contributed by atoms with E-state index >= 15 is 0 Å². The van der Waals surface area contributed by atoms with Crippen LogP contribution in [0.2, 0.25) is 0 Å². The molecule has 2 rings (SSSR count). The third-order valence-electron chi connectivity index (χ3n) is 3.40. The molecule has 2 atom stereocenters. The molecule has 1 aliphatic rings. The van der Waals surface area contributed by atoms with E-state index in [2.05, 4.69) is 0 Å². The Morgan fingerprint density at radius 3 is 2.95 bits per heavy atom. The van der Waals surface area contributed by atoms with E-state index in [1.165, 1.54) is 12.1 Å².